The zero-order valence-electron chi connectivity index (χ0n) is 4.40. The summed E-state index contributed by atoms with van der Waals surface area (Å²) in [5.74, 6) is 0.940. The van der Waals surface area contributed by atoms with Crippen molar-refractivity contribution in [2.75, 3.05) is 0 Å². The summed E-state index contributed by atoms with van der Waals surface area (Å²) < 4.78 is 0. The molecule has 6 heavy (non-hydrogen) atoms. The van der Waals surface area contributed by atoms with Crippen molar-refractivity contribution in [2.24, 2.45) is 5.92 Å². The maximum absolute atomic E-state index is 2.25. The Bertz CT molecular complexity index is 21.5. The molecule has 0 radical (unpaired) electrons. The van der Waals surface area contributed by atoms with Crippen LogP contribution in [-0.4, -0.2) is 0 Å². The number of hydrogen-bond acceptors (Lipinski definition) is 0. The normalized spacial score (nSPS) is 8.17. The van der Waals surface area contributed by atoms with Gasteiger partial charge in [-0.05, 0) is 0 Å². The van der Waals surface area contributed by atoms with Gasteiger partial charge in [0.05, 0.1) is 0 Å². The molecule has 0 saturated heterocycles. The van der Waals surface area contributed by atoms with Crippen molar-refractivity contribution in [1.29, 1.82) is 0 Å². The van der Waals surface area contributed by atoms with Gasteiger partial charge in [0.25, 0.3) is 0 Å². The van der Waals surface area contributed by atoms with Crippen LogP contribution < -0.4 is 0 Å². The summed E-state index contributed by atoms with van der Waals surface area (Å²) in [6.45, 7) is 4.51. The van der Waals surface area contributed by atoms with Gasteiger partial charge in [0.15, 0.2) is 0 Å². The smallest absolute Gasteiger partial charge is 0.107 e. The molecule has 0 aliphatic heterocycles. The molecule has 0 aromatic carbocycles. The Balaban J connectivity index is 0. The molecule has 0 amide bonds. The van der Waals surface area contributed by atoms with E-state index in [0.717, 1.165) is 5.92 Å². The van der Waals surface area contributed by atoms with E-state index in [1.54, 1.807) is 0 Å². The fourth-order valence-corrected chi connectivity index (χ4v) is 0. The minimum atomic E-state index is 0. The molecule has 0 unspecified atom stereocenters. The van der Waals surface area contributed by atoms with Crippen LogP contribution in [0.2, 0.25) is 5.02 Å². The molecule has 0 fully saturated rings. The molecule has 35 valence electrons. The van der Waals surface area contributed by atoms with Gasteiger partial charge in [-0.25, -0.2) is 0 Å². The molecule has 0 aromatic rings. The molecular formula is C4H10IZn. The SMILES string of the molecule is CC(C)[CH2][Zn].I. The van der Waals surface area contributed by atoms with Crippen LogP contribution in [0.3, 0.4) is 0 Å². The largest absolute Gasteiger partial charge is 0.107 e. The summed E-state index contributed by atoms with van der Waals surface area (Å²) in [4.78, 5) is 0. The van der Waals surface area contributed by atoms with Crippen molar-refractivity contribution in [3.05, 3.63) is 0 Å². The number of hydrogen-bond donors (Lipinski definition) is 0. The Morgan fingerprint density at radius 1 is 1.50 bits per heavy atom. The molecule has 0 aliphatic rings. The van der Waals surface area contributed by atoms with Gasteiger partial charge >= 0.3 is 43.1 Å². The molecule has 0 heterocycles. The van der Waals surface area contributed by atoms with Crippen molar-refractivity contribution >= 4 is 24.0 Å². The van der Waals surface area contributed by atoms with Crippen LogP contribution >= 0.6 is 24.0 Å². The van der Waals surface area contributed by atoms with Crippen molar-refractivity contribution in [3.8, 4) is 0 Å². The van der Waals surface area contributed by atoms with Gasteiger partial charge in [0.2, 0.25) is 0 Å². The summed E-state index contributed by atoms with van der Waals surface area (Å²) >= 11 is 1.46. The zero-order valence-corrected chi connectivity index (χ0v) is 9.70. The molecule has 0 aliphatic carbocycles. The van der Waals surface area contributed by atoms with Crippen molar-refractivity contribution in [3.63, 3.8) is 0 Å². The van der Waals surface area contributed by atoms with Crippen molar-refractivity contribution in [2.45, 2.75) is 18.9 Å². The van der Waals surface area contributed by atoms with E-state index in [-0.39, 0.29) is 24.0 Å². The van der Waals surface area contributed by atoms with Gasteiger partial charge in [-0.15, -0.1) is 24.0 Å². The average Bonchev–Trinajstić information content (AvgIpc) is 1.38. The molecule has 2 heteroatoms. The molecule has 0 nitrogen and oxygen atoms in total. The summed E-state index contributed by atoms with van der Waals surface area (Å²) in [5.41, 5.74) is 0. The van der Waals surface area contributed by atoms with E-state index >= 15 is 0 Å². The molecule has 0 N–H and O–H groups in total. The fourth-order valence-electron chi connectivity index (χ4n) is 0. The minimum absolute atomic E-state index is 0. The second-order valence-electron chi connectivity index (χ2n) is 1.68. The monoisotopic (exact) mass is 249 g/mol. The van der Waals surface area contributed by atoms with Crippen molar-refractivity contribution in [1.82, 2.24) is 0 Å². The maximum Gasteiger partial charge on any atom is -0.107 e. The molecule has 0 aromatic heterocycles. The second-order valence-corrected chi connectivity index (χ2v) is 2.89. The summed E-state index contributed by atoms with van der Waals surface area (Å²) in [6.07, 6.45) is 0. The van der Waals surface area contributed by atoms with Crippen LogP contribution in [0.15, 0.2) is 0 Å². The first-order valence-corrected chi connectivity index (χ1v) is 4.16. The van der Waals surface area contributed by atoms with Gasteiger partial charge in [0.1, 0.15) is 0 Å². The first-order chi connectivity index (χ1) is 2.27. The number of halogens is 1. The standard InChI is InChI=1S/C4H9.HI.Zn/c1-4(2)3;;/h4H,1H2,2-3H3;1H;. The first-order valence-electron chi connectivity index (χ1n) is 2.06. The van der Waals surface area contributed by atoms with Gasteiger partial charge in [0, 0.05) is 0 Å². The van der Waals surface area contributed by atoms with Crippen molar-refractivity contribution < 1.29 is 18.3 Å². The Labute approximate surface area is 66.8 Å². The van der Waals surface area contributed by atoms with Gasteiger partial charge < -0.3 is 0 Å². The molecule has 0 rings (SSSR count). The van der Waals surface area contributed by atoms with Crippen LogP contribution in [0.25, 0.3) is 0 Å². The van der Waals surface area contributed by atoms with E-state index in [0.29, 0.717) is 0 Å². The van der Waals surface area contributed by atoms with E-state index in [4.69, 9.17) is 0 Å². The van der Waals surface area contributed by atoms with Crippen LogP contribution in [0.4, 0.5) is 0 Å². The zero-order chi connectivity index (χ0) is 4.28. The molecule has 0 atom stereocenters. The quantitative estimate of drug-likeness (QED) is 0.494. The average molecular weight is 250 g/mol. The van der Waals surface area contributed by atoms with E-state index in [1.165, 1.54) is 23.3 Å². The third-order valence-corrected chi connectivity index (χ3v) is 3.00. The van der Waals surface area contributed by atoms with Crippen LogP contribution in [-0.2, 0) is 18.3 Å². The third kappa shape index (κ3) is 9.02. The summed E-state index contributed by atoms with van der Waals surface area (Å²) in [6, 6.07) is 0. The van der Waals surface area contributed by atoms with E-state index in [1.807, 2.05) is 0 Å². The van der Waals surface area contributed by atoms with E-state index in [2.05, 4.69) is 13.8 Å². The Morgan fingerprint density at radius 3 is 1.67 bits per heavy atom. The maximum atomic E-state index is 2.25. The molecule has 0 saturated carbocycles. The van der Waals surface area contributed by atoms with Gasteiger partial charge in [-0.3, -0.25) is 0 Å². The Hall–Kier alpha value is 1.35. The first kappa shape index (κ1) is 10.4. The summed E-state index contributed by atoms with van der Waals surface area (Å²) in [5, 5.41) is 1.43. The molecule has 0 bridgehead atoms. The third-order valence-electron chi connectivity index (χ3n) is 0.577. The minimum Gasteiger partial charge on any atom is -0.107 e. The number of rotatable bonds is 1. The van der Waals surface area contributed by atoms with Crippen LogP contribution in [0.1, 0.15) is 13.8 Å². The topological polar surface area (TPSA) is 0 Å². The van der Waals surface area contributed by atoms with Gasteiger partial charge in [-0.1, -0.05) is 0 Å². The predicted octanol–water partition coefficient (Wildman–Crippen LogP) is 2.23. The van der Waals surface area contributed by atoms with E-state index in [9.17, 15) is 0 Å². The Kier molecular flexibility index (Phi) is 11.0. The predicted molar refractivity (Wildman–Crippen MR) is 35.1 cm³/mol. The molecule has 0 spiro atoms. The molecular weight excluding hydrogens is 240 g/mol. The Morgan fingerprint density at radius 2 is 1.67 bits per heavy atom. The van der Waals surface area contributed by atoms with Crippen LogP contribution in [0.5, 0.6) is 0 Å². The fraction of sp³-hybridized carbons (Fsp3) is 1.00. The van der Waals surface area contributed by atoms with Crippen LogP contribution in [0, 0.1) is 5.92 Å². The summed E-state index contributed by atoms with van der Waals surface area (Å²) in [7, 11) is 0. The van der Waals surface area contributed by atoms with Gasteiger partial charge in [-0.2, -0.15) is 0 Å². The van der Waals surface area contributed by atoms with E-state index < -0.39 is 0 Å². The second kappa shape index (κ2) is 6.35.